The molecule has 1 aliphatic rings. The standard InChI is InChI=1S/C30H33N3O7/c1-30(2)27(39-29(36)32(5)6)26(38-28(35)31(3)4)23-21(40-30)15-20(37-8)22-24(23)33(7)19-14-17-12-10-9-11-16(17)13-18(19)25(22)34/h9-15,26-27H,1-8H3/t26-,27+/m0/s1. The molecule has 0 radical (unpaired) electrons. The van der Waals surface area contributed by atoms with Crippen LogP contribution in [0.25, 0.3) is 32.6 Å². The summed E-state index contributed by atoms with van der Waals surface area (Å²) in [7, 11) is 9.58. The molecule has 10 heteroatoms. The Kier molecular flexibility index (Phi) is 6.52. The van der Waals surface area contributed by atoms with Gasteiger partial charge >= 0.3 is 12.2 Å². The Labute approximate surface area is 231 Å². The molecule has 0 aliphatic carbocycles. The van der Waals surface area contributed by atoms with E-state index in [9.17, 15) is 14.4 Å². The van der Waals surface area contributed by atoms with E-state index in [1.165, 1.54) is 16.9 Å². The second-order valence-corrected chi connectivity index (χ2v) is 10.9. The van der Waals surface area contributed by atoms with Crippen molar-refractivity contribution in [2.45, 2.75) is 31.7 Å². The smallest absolute Gasteiger partial charge is 0.409 e. The Morgan fingerprint density at radius 1 is 0.950 bits per heavy atom. The summed E-state index contributed by atoms with van der Waals surface area (Å²) in [6.07, 6.45) is -3.41. The third-order valence-corrected chi connectivity index (χ3v) is 7.32. The van der Waals surface area contributed by atoms with Crippen molar-refractivity contribution in [3.8, 4) is 11.5 Å². The van der Waals surface area contributed by atoms with Crippen LogP contribution >= 0.6 is 0 Å². The summed E-state index contributed by atoms with van der Waals surface area (Å²) in [5.74, 6) is 0.680. The van der Waals surface area contributed by atoms with Crippen LogP contribution in [0.5, 0.6) is 11.5 Å². The topological polar surface area (TPSA) is 99.5 Å². The molecule has 2 amide bonds. The summed E-state index contributed by atoms with van der Waals surface area (Å²) < 4.78 is 25.9. The number of rotatable bonds is 3. The van der Waals surface area contributed by atoms with Gasteiger partial charge in [-0.15, -0.1) is 0 Å². The van der Waals surface area contributed by atoms with Gasteiger partial charge in [0.25, 0.3) is 0 Å². The minimum atomic E-state index is -1.11. The quantitative estimate of drug-likeness (QED) is 0.339. The Morgan fingerprint density at radius 3 is 2.15 bits per heavy atom. The van der Waals surface area contributed by atoms with Crippen molar-refractivity contribution in [3.05, 3.63) is 58.3 Å². The normalized spacial score (nSPS) is 17.7. The second-order valence-electron chi connectivity index (χ2n) is 10.9. The maximum atomic E-state index is 14.1. The van der Waals surface area contributed by atoms with Crippen LogP contribution in [-0.2, 0) is 16.5 Å². The van der Waals surface area contributed by atoms with Crippen LogP contribution in [0.1, 0.15) is 25.5 Å². The Bertz CT molecular complexity index is 1740. The minimum Gasteiger partial charge on any atom is -0.496 e. The molecule has 0 saturated heterocycles. The molecule has 2 heterocycles. The van der Waals surface area contributed by atoms with Gasteiger partial charge in [-0.2, -0.15) is 0 Å². The van der Waals surface area contributed by atoms with Crippen molar-refractivity contribution in [2.24, 2.45) is 7.05 Å². The molecule has 2 atom stereocenters. The van der Waals surface area contributed by atoms with Crippen LogP contribution in [-0.4, -0.2) is 73.6 Å². The van der Waals surface area contributed by atoms with Crippen molar-refractivity contribution in [1.29, 1.82) is 0 Å². The van der Waals surface area contributed by atoms with E-state index in [0.717, 1.165) is 10.8 Å². The summed E-state index contributed by atoms with van der Waals surface area (Å²) in [6, 6.07) is 13.3. The molecular weight excluding hydrogens is 514 g/mol. The number of hydrogen-bond acceptors (Lipinski definition) is 7. The van der Waals surface area contributed by atoms with Gasteiger partial charge < -0.3 is 33.3 Å². The minimum absolute atomic E-state index is 0.238. The molecule has 0 bridgehead atoms. The van der Waals surface area contributed by atoms with Gasteiger partial charge in [0, 0.05) is 46.7 Å². The lowest BCUT2D eigenvalue weighted by atomic mass is 9.86. The van der Waals surface area contributed by atoms with E-state index in [0.29, 0.717) is 38.9 Å². The third kappa shape index (κ3) is 4.24. The van der Waals surface area contributed by atoms with E-state index in [4.69, 9.17) is 18.9 Å². The SMILES string of the molecule is COc1cc2c(c3c1c(=O)c1cc4ccccc4cc1n3C)[C@H](OC(=O)N(C)C)[C@@H](OC(=O)N(C)C)C(C)(C)O2. The van der Waals surface area contributed by atoms with Gasteiger partial charge in [0.15, 0.2) is 12.2 Å². The van der Waals surface area contributed by atoms with E-state index in [1.807, 2.05) is 48.0 Å². The zero-order valence-electron chi connectivity index (χ0n) is 23.9. The molecule has 40 heavy (non-hydrogen) atoms. The largest absolute Gasteiger partial charge is 0.496 e. The van der Waals surface area contributed by atoms with Gasteiger partial charge in [-0.25, -0.2) is 9.59 Å². The van der Waals surface area contributed by atoms with Crippen molar-refractivity contribution in [1.82, 2.24) is 14.4 Å². The van der Waals surface area contributed by atoms with Crippen LogP contribution in [0.15, 0.2) is 47.3 Å². The Balaban J connectivity index is 1.91. The highest BCUT2D eigenvalue weighted by atomic mass is 16.6. The molecule has 5 rings (SSSR count). The predicted octanol–water partition coefficient (Wildman–Crippen LogP) is 4.83. The van der Waals surface area contributed by atoms with Crippen LogP contribution < -0.4 is 14.9 Å². The average Bonchev–Trinajstić information content (AvgIpc) is 2.91. The number of aryl methyl sites for hydroxylation is 1. The monoisotopic (exact) mass is 547 g/mol. The molecule has 4 aromatic rings. The van der Waals surface area contributed by atoms with Gasteiger partial charge in [0.1, 0.15) is 17.1 Å². The van der Waals surface area contributed by atoms with Gasteiger partial charge in [-0.1, -0.05) is 24.3 Å². The molecule has 210 valence electrons. The van der Waals surface area contributed by atoms with Gasteiger partial charge in [0.2, 0.25) is 5.43 Å². The molecule has 0 N–H and O–H groups in total. The molecule has 0 saturated carbocycles. The van der Waals surface area contributed by atoms with Gasteiger partial charge in [-0.3, -0.25) is 4.79 Å². The summed E-state index contributed by atoms with van der Waals surface area (Å²) in [5.41, 5.74) is 0.200. The lowest BCUT2D eigenvalue weighted by Gasteiger charge is -2.44. The van der Waals surface area contributed by atoms with E-state index < -0.39 is 30.0 Å². The number of fused-ring (bicyclic) bond motifs is 5. The summed E-state index contributed by atoms with van der Waals surface area (Å²) in [5, 5.41) is 2.72. The first-order valence-corrected chi connectivity index (χ1v) is 12.9. The van der Waals surface area contributed by atoms with Crippen LogP contribution in [0.4, 0.5) is 9.59 Å². The van der Waals surface area contributed by atoms with Crippen LogP contribution in [0, 0.1) is 0 Å². The predicted molar refractivity (Wildman–Crippen MR) is 152 cm³/mol. The molecule has 0 spiro atoms. The molecule has 1 aliphatic heterocycles. The van der Waals surface area contributed by atoms with Crippen molar-refractivity contribution >= 4 is 44.8 Å². The van der Waals surface area contributed by atoms with Crippen LogP contribution in [0.2, 0.25) is 0 Å². The number of benzene rings is 3. The molecule has 0 unspecified atom stereocenters. The van der Waals surface area contributed by atoms with E-state index >= 15 is 0 Å². The van der Waals surface area contributed by atoms with E-state index in [-0.39, 0.29) is 5.43 Å². The molecule has 3 aromatic carbocycles. The number of pyridine rings is 1. The fraction of sp³-hybridized carbons (Fsp3) is 0.367. The van der Waals surface area contributed by atoms with Gasteiger partial charge in [-0.05, 0) is 36.8 Å². The fourth-order valence-corrected chi connectivity index (χ4v) is 5.28. The van der Waals surface area contributed by atoms with Crippen LogP contribution in [0.3, 0.4) is 0 Å². The summed E-state index contributed by atoms with van der Waals surface area (Å²) in [6.45, 7) is 3.50. The average molecular weight is 548 g/mol. The number of amides is 2. The van der Waals surface area contributed by atoms with E-state index in [1.54, 1.807) is 48.1 Å². The number of ether oxygens (including phenoxy) is 4. The Hall–Kier alpha value is -4.47. The zero-order valence-corrected chi connectivity index (χ0v) is 23.9. The summed E-state index contributed by atoms with van der Waals surface area (Å²) in [4.78, 5) is 42.5. The maximum absolute atomic E-state index is 14.1. The number of hydrogen-bond donors (Lipinski definition) is 0. The number of carbonyl (C=O) groups is 2. The van der Waals surface area contributed by atoms with E-state index in [2.05, 4.69) is 0 Å². The van der Waals surface area contributed by atoms with Crippen molar-refractivity contribution < 1.29 is 28.5 Å². The lowest BCUT2D eigenvalue weighted by Crippen LogP contribution is -2.53. The first-order valence-electron chi connectivity index (χ1n) is 12.9. The van der Waals surface area contributed by atoms with Crippen molar-refractivity contribution in [3.63, 3.8) is 0 Å². The first-order chi connectivity index (χ1) is 18.9. The number of carbonyl (C=O) groups excluding carboxylic acids is 2. The third-order valence-electron chi connectivity index (χ3n) is 7.32. The second kappa shape index (κ2) is 9.62. The summed E-state index contributed by atoms with van der Waals surface area (Å²) >= 11 is 0. The van der Waals surface area contributed by atoms with Gasteiger partial charge in [0.05, 0.1) is 29.1 Å². The lowest BCUT2D eigenvalue weighted by molar-refractivity contribution is -0.122. The number of nitrogens with zero attached hydrogens (tertiary/aromatic N) is 3. The molecule has 1 aromatic heterocycles. The number of aromatic nitrogens is 1. The first kappa shape index (κ1) is 27.1. The highest BCUT2D eigenvalue weighted by molar-refractivity contribution is 6.04. The highest BCUT2D eigenvalue weighted by Crippen LogP contribution is 2.49. The molecule has 0 fully saturated rings. The highest BCUT2D eigenvalue weighted by Gasteiger charge is 2.51. The van der Waals surface area contributed by atoms with Crippen molar-refractivity contribution in [2.75, 3.05) is 35.3 Å². The molecule has 10 nitrogen and oxygen atoms in total. The maximum Gasteiger partial charge on any atom is 0.409 e. The number of methoxy groups -OCH3 is 1. The zero-order chi connectivity index (χ0) is 29.1. The molecular formula is C30H33N3O7. The Morgan fingerprint density at radius 2 is 1.55 bits per heavy atom. The fourth-order valence-electron chi connectivity index (χ4n) is 5.28.